The predicted molar refractivity (Wildman–Crippen MR) is 138 cm³/mol. The number of anilines is 1. The number of nitrogens with zero attached hydrogens (tertiary/aromatic N) is 7. The first-order valence-electron chi connectivity index (χ1n) is 12.1. The van der Waals surface area contributed by atoms with Crippen LogP contribution >= 0.6 is 0 Å². The first-order chi connectivity index (χ1) is 18.1. The molecule has 3 N–H and O–H groups in total. The largest absolute Gasteiger partial charge is 0.335 e. The molecular formula is C26H22N10O. The number of carbonyl (C=O) groups is 1. The first-order valence-corrected chi connectivity index (χ1v) is 12.1. The summed E-state index contributed by atoms with van der Waals surface area (Å²) >= 11 is 0. The number of hydrogen-bond donors (Lipinski definition) is 3. The Hall–Kier alpha value is -4.93. The lowest BCUT2D eigenvalue weighted by Gasteiger charge is -2.24. The highest BCUT2D eigenvalue weighted by atomic mass is 16.1. The Morgan fingerprint density at radius 3 is 2.76 bits per heavy atom. The maximum absolute atomic E-state index is 12.4. The Morgan fingerprint density at radius 1 is 1.05 bits per heavy atom. The van der Waals surface area contributed by atoms with Gasteiger partial charge in [0.15, 0.2) is 5.82 Å². The van der Waals surface area contributed by atoms with Crippen molar-refractivity contribution in [1.29, 1.82) is 0 Å². The number of H-pyrrole nitrogens is 2. The summed E-state index contributed by atoms with van der Waals surface area (Å²) in [6.45, 7) is 1.94. The number of pyridine rings is 3. The molecule has 1 aliphatic rings. The molecule has 0 aromatic carbocycles. The van der Waals surface area contributed by atoms with Crippen molar-refractivity contribution in [3.8, 4) is 28.5 Å². The molecule has 11 nitrogen and oxygen atoms in total. The van der Waals surface area contributed by atoms with Crippen molar-refractivity contribution in [2.24, 2.45) is 5.92 Å². The van der Waals surface area contributed by atoms with Crippen LogP contribution in [0.25, 0.3) is 50.4 Å². The maximum atomic E-state index is 12.4. The molecule has 0 spiro atoms. The quantitative estimate of drug-likeness (QED) is 0.329. The molecule has 1 fully saturated rings. The van der Waals surface area contributed by atoms with Crippen LogP contribution in [-0.2, 0) is 4.79 Å². The molecule has 6 heterocycles. The third-order valence-electron chi connectivity index (χ3n) is 6.81. The fourth-order valence-corrected chi connectivity index (χ4v) is 4.59. The van der Waals surface area contributed by atoms with Gasteiger partial charge in [-0.15, -0.1) is 0 Å². The first kappa shape index (κ1) is 21.4. The monoisotopic (exact) mass is 490 g/mol. The number of fused-ring (bicyclic) bond motifs is 2. The minimum Gasteiger partial charge on any atom is -0.335 e. The van der Waals surface area contributed by atoms with Gasteiger partial charge in [-0.2, -0.15) is 5.10 Å². The number of aromatic nitrogens is 9. The van der Waals surface area contributed by atoms with Crippen LogP contribution in [0.5, 0.6) is 0 Å². The van der Waals surface area contributed by atoms with E-state index in [0.29, 0.717) is 17.2 Å². The van der Waals surface area contributed by atoms with Crippen LogP contribution in [0.3, 0.4) is 0 Å². The molecule has 1 aliphatic carbocycles. The minimum atomic E-state index is 0.0512. The van der Waals surface area contributed by atoms with Crippen LogP contribution < -0.4 is 5.32 Å². The summed E-state index contributed by atoms with van der Waals surface area (Å²) in [6.07, 6.45) is 15.3. The Bertz CT molecular complexity index is 1790. The molecule has 37 heavy (non-hydrogen) atoms. The molecule has 182 valence electrons. The molecule has 0 bridgehead atoms. The van der Waals surface area contributed by atoms with Gasteiger partial charge in [0.25, 0.3) is 0 Å². The Labute approximate surface area is 210 Å². The van der Waals surface area contributed by atoms with Crippen LogP contribution in [0.1, 0.15) is 25.0 Å². The topological polar surface area (TPSA) is 143 Å². The van der Waals surface area contributed by atoms with E-state index in [9.17, 15) is 4.79 Å². The van der Waals surface area contributed by atoms with E-state index in [1.807, 2.05) is 29.8 Å². The average molecular weight is 491 g/mol. The van der Waals surface area contributed by atoms with Gasteiger partial charge >= 0.3 is 0 Å². The zero-order chi connectivity index (χ0) is 24.9. The molecule has 0 saturated heterocycles. The van der Waals surface area contributed by atoms with Gasteiger partial charge in [0.2, 0.25) is 5.91 Å². The van der Waals surface area contributed by atoms with Crippen LogP contribution in [-0.4, -0.2) is 50.6 Å². The molecule has 6 aromatic rings. The number of imidazole rings is 2. The normalized spacial score (nSPS) is 13.8. The van der Waals surface area contributed by atoms with E-state index in [4.69, 9.17) is 4.98 Å². The summed E-state index contributed by atoms with van der Waals surface area (Å²) in [6, 6.07) is 3.85. The van der Waals surface area contributed by atoms with E-state index in [1.165, 1.54) is 0 Å². The lowest BCUT2D eigenvalue weighted by molar-refractivity contribution is -0.122. The van der Waals surface area contributed by atoms with Crippen molar-refractivity contribution in [3.63, 3.8) is 0 Å². The van der Waals surface area contributed by atoms with Gasteiger partial charge in [-0.25, -0.2) is 9.97 Å². The fourth-order valence-electron chi connectivity index (χ4n) is 4.59. The summed E-state index contributed by atoms with van der Waals surface area (Å²) < 4.78 is 1.91. The minimum absolute atomic E-state index is 0.0512. The zero-order valence-electron chi connectivity index (χ0n) is 19.9. The molecular weight excluding hydrogens is 468 g/mol. The summed E-state index contributed by atoms with van der Waals surface area (Å²) in [5.74, 6) is 0.767. The van der Waals surface area contributed by atoms with Gasteiger partial charge in [0.05, 0.1) is 64.9 Å². The summed E-state index contributed by atoms with van der Waals surface area (Å²) in [7, 11) is 0. The van der Waals surface area contributed by atoms with Crippen molar-refractivity contribution in [1.82, 2.24) is 44.7 Å². The number of aromatic amines is 2. The second-order valence-electron chi connectivity index (χ2n) is 9.33. The van der Waals surface area contributed by atoms with E-state index in [-0.39, 0.29) is 11.8 Å². The number of rotatable bonds is 5. The SMILES string of the molecule is Cc1cn(-c2cncc3[nH]c(-c4n[nH]c5cnc(-c6cncc(NC(=O)C7CCC7)c6)cc45)nc23)cn1. The number of amides is 1. The third-order valence-corrected chi connectivity index (χ3v) is 6.81. The number of hydrogen-bond acceptors (Lipinski definition) is 7. The van der Waals surface area contributed by atoms with Crippen molar-refractivity contribution in [3.05, 3.63) is 61.3 Å². The summed E-state index contributed by atoms with van der Waals surface area (Å²) in [5, 5.41) is 11.4. The standard InChI is InChI=1S/C26H22N10O/c1-14-12-36(13-30-14)22-11-28-9-21-24(22)33-25(32-21)23-18-6-19(29-10-20(18)34-35-23)16-5-17(8-27-7-16)31-26(37)15-3-2-4-15/h5-13,15H,2-4H2,1H3,(H,31,37)(H,32,33)(H,34,35). The summed E-state index contributed by atoms with van der Waals surface area (Å²) in [5.41, 5.74) is 6.94. The summed E-state index contributed by atoms with van der Waals surface area (Å²) in [4.78, 5) is 38.2. The van der Waals surface area contributed by atoms with Gasteiger partial charge in [-0.05, 0) is 31.9 Å². The Balaban J connectivity index is 1.26. The van der Waals surface area contributed by atoms with E-state index in [1.54, 1.807) is 37.3 Å². The van der Waals surface area contributed by atoms with Gasteiger partial charge in [-0.1, -0.05) is 6.42 Å². The molecule has 0 unspecified atom stereocenters. The van der Waals surface area contributed by atoms with E-state index >= 15 is 0 Å². The zero-order valence-corrected chi connectivity index (χ0v) is 19.9. The van der Waals surface area contributed by atoms with E-state index in [2.05, 4.69) is 40.4 Å². The van der Waals surface area contributed by atoms with Gasteiger partial charge in [0.1, 0.15) is 11.2 Å². The Morgan fingerprint density at radius 2 is 1.95 bits per heavy atom. The Kier molecular flexibility index (Phi) is 4.81. The maximum Gasteiger partial charge on any atom is 0.227 e. The van der Waals surface area contributed by atoms with Crippen molar-refractivity contribution >= 4 is 33.5 Å². The van der Waals surface area contributed by atoms with Crippen molar-refractivity contribution in [2.45, 2.75) is 26.2 Å². The predicted octanol–water partition coefficient (Wildman–Crippen LogP) is 4.19. The van der Waals surface area contributed by atoms with E-state index < -0.39 is 0 Å². The fraction of sp³-hybridized carbons (Fsp3) is 0.192. The molecule has 0 radical (unpaired) electrons. The van der Waals surface area contributed by atoms with Gasteiger partial charge in [-0.3, -0.25) is 24.8 Å². The van der Waals surface area contributed by atoms with Crippen LogP contribution in [0.15, 0.2) is 55.6 Å². The molecule has 7 rings (SSSR count). The number of carbonyl (C=O) groups excluding carboxylic acids is 1. The number of aryl methyl sites for hydroxylation is 1. The van der Waals surface area contributed by atoms with Crippen molar-refractivity contribution < 1.29 is 4.79 Å². The smallest absolute Gasteiger partial charge is 0.227 e. The second kappa shape index (κ2) is 8.33. The molecule has 11 heteroatoms. The highest BCUT2D eigenvalue weighted by Crippen LogP contribution is 2.31. The highest BCUT2D eigenvalue weighted by Gasteiger charge is 2.25. The van der Waals surface area contributed by atoms with Crippen molar-refractivity contribution in [2.75, 3.05) is 5.32 Å². The molecule has 1 saturated carbocycles. The average Bonchev–Trinajstić information content (AvgIpc) is 3.60. The molecule has 0 atom stereocenters. The van der Waals surface area contributed by atoms with Gasteiger partial charge in [0, 0.05) is 29.3 Å². The molecule has 0 aliphatic heterocycles. The van der Waals surface area contributed by atoms with Crippen LogP contribution in [0.4, 0.5) is 5.69 Å². The van der Waals surface area contributed by atoms with Crippen LogP contribution in [0.2, 0.25) is 0 Å². The third kappa shape index (κ3) is 3.71. The molecule has 6 aromatic heterocycles. The lowest BCUT2D eigenvalue weighted by Crippen LogP contribution is -2.28. The molecule has 1 amide bonds. The second-order valence-corrected chi connectivity index (χ2v) is 9.33. The van der Waals surface area contributed by atoms with Crippen LogP contribution in [0, 0.1) is 12.8 Å². The van der Waals surface area contributed by atoms with Gasteiger partial charge < -0.3 is 14.9 Å². The lowest BCUT2D eigenvalue weighted by atomic mass is 9.85. The highest BCUT2D eigenvalue weighted by molar-refractivity contribution is 5.96. The van der Waals surface area contributed by atoms with E-state index in [0.717, 1.165) is 63.8 Å². The number of nitrogens with one attached hydrogen (secondary N) is 3.